The Bertz CT molecular complexity index is 578. The van der Waals surface area contributed by atoms with Crippen molar-refractivity contribution in [3.8, 4) is 0 Å². The van der Waals surface area contributed by atoms with Gasteiger partial charge in [-0.1, -0.05) is 12.1 Å². The molecule has 3 aliphatic heterocycles. The fourth-order valence-corrected chi connectivity index (χ4v) is 4.27. The largest absolute Gasteiger partial charge is 0.354 e. The number of carbonyl (C=O) groups is 1. The van der Waals surface area contributed by atoms with Crippen molar-refractivity contribution in [1.82, 2.24) is 21.1 Å². The first-order chi connectivity index (χ1) is 11.2. The van der Waals surface area contributed by atoms with E-state index in [2.05, 4.69) is 21.1 Å². The minimum Gasteiger partial charge on any atom is -0.354 e. The molecular formula is C17H23FN4O. The van der Waals surface area contributed by atoms with E-state index in [0.717, 1.165) is 31.6 Å². The average molecular weight is 318 g/mol. The van der Waals surface area contributed by atoms with Crippen molar-refractivity contribution in [3.05, 3.63) is 35.6 Å². The molecule has 2 bridgehead atoms. The summed E-state index contributed by atoms with van der Waals surface area (Å²) in [6.45, 7) is 2.62. The van der Waals surface area contributed by atoms with Gasteiger partial charge in [-0.05, 0) is 30.5 Å². The maximum absolute atomic E-state index is 13.2. The highest BCUT2D eigenvalue weighted by Gasteiger charge is 2.40. The molecule has 3 heterocycles. The zero-order valence-corrected chi connectivity index (χ0v) is 13.1. The zero-order chi connectivity index (χ0) is 15.8. The summed E-state index contributed by atoms with van der Waals surface area (Å²) in [5.74, 6) is 0.392. The third-order valence-electron chi connectivity index (χ3n) is 5.49. The molecule has 1 aromatic carbocycles. The number of hydrogen-bond acceptors (Lipinski definition) is 4. The molecule has 3 aliphatic rings. The summed E-state index contributed by atoms with van der Waals surface area (Å²) >= 11 is 0. The number of amides is 1. The van der Waals surface area contributed by atoms with Gasteiger partial charge >= 0.3 is 0 Å². The van der Waals surface area contributed by atoms with Crippen molar-refractivity contribution in [3.63, 3.8) is 0 Å². The number of carbonyl (C=O) groups excluding carboxylic acids is 1. The summed E-state index contributed by atoms with van der Waals surface area (Å²) in [5.41, 5.74) is 7.68. The zero-order valence-electron chi connectivity index (χ0n) is 13.1. The molecular weight excluding hydrogens is 295 g/mol. The van der Waals surface area contributed by atoms with Crippen LogP contribution < -0.4 is 16.2 Å². The van der Waals surface area contributed by atoms with E-state index in [0.29, 0.717) is 24.4 Å². The number of fused-ring (bicyclic) bond motifs is 2. The molecule has 2 unspecified atom stereocenters. The Morgan fingerprint density at radius 1 is 1.13 bits per heavy atom. The molecule has 6 heteroatoms. The molecule has 1 aromatic rings. The smallest absolute Gasteiger partial charge is 0.221 e. The van der Waals surface area contributed by atoms with Crippen LogP contribution in [-0.2, 0) is 4.79 Å². The van der Waals surface area contributed by atoms with Crippen LogP contribution in [0.1, 0.15) is 30.9 Å². The lowest BCUT2D eigenvalue weighted by Crippen LogP contribution is -2.42. The van der Waals surface area contributed by atoms with E-state index in [1.807, 2.05) is 12.1 Å². The molecule has 0 aliphatic carbocycles. The number of rotatable bonds is 3. The van der Waals surface area contributed by atoms with Crippen molar-refractivity contribution in [2.24, 2.45) is 5.92 Å². The first-order valence-electron chi connectivity index (χ1n) is 8.47. The Morgan fingerprint density at radius 2 is 1.91 bits per heavy atom. The van der Waals surface area contributed by atoms with Crippen LogP contribution in [0.25, 0.3) is 0 Å². The highest BCUT2D eigenvalue weighted by Crippen LogP contribution is 2.33. The van der Waals surface area contributed by atoms with Gasteiger partial charge in [-0.15, -0.1) is 0 Å². The summed E-state index contributed by atoms with van der Waals surface area (Å²) in [7, 11) is 0. The van der Waals surface area contributed by atoms with Crippen LogP contribution >= 0.6 is 0 Å². The van der Waals surface area contributed by atoms with Gasteiger partial charge in [-0.2, -0.15) is 0 Å². The van der Waals surface area contributed by atoms with Gasteiger partial charge in [0.1, 0.15) is 5.82 Å². The van der Waals surface area contributed by atoms with Gasteiger partial charge < -0.3 is 5.32 Å². The average Bonchev–Trinajstić information content (AvgIpc) is 3.10. The van der Waals surface area contributed by atoms with E-state index in [4.69, 9.17) is 0 Å². The number of nitrogens with zero attached hydrogens (tertiary/aromatic N) is 1. The molecule has 3 N–H and O–H groups in total. The maximum Gasteiger partial charge on any atom is 0.221 e. The van der Waals surface area contributed by atoms with E-state index < -0.39 is 0 Å². The minimum atomic E-state index is -0.202. The molecule has 0 spiro atoms. The highest BCUT2D eigenvalue weighted by atomic mass is 19.1. The SMILES string of the molecule is O=C1C[C@@H]2CC[C@H](CN1)N2CC1CNNC1c1ccc(F)cc1. The van der Waals surface area contributed by atoms with E-state index >= 15 is 0 Å². The number of hydrogen-bond donors (Lipinski definition) is 3. The summed E-state index contributed by atoms with van der Waals surface area (Å²) in [4.78, 5) is 14.3. The molecule has 4 rings (SSSR count). The van der Waals surface area contributed by atoms with Gasteiger partial charge in [0.25, 0.3) is 0 Å². The van der Waals surface area contributed by atoms with Crippen LogP contribution in [0.15, 0.2) is 24.3 Å². The van der Waals surface area contributed by atoms with Gasteiger partial charge in [0.2, 0.25) is 5.91 Å². The van der Waals surface area contributed by atoms with Crippen LogP contribution in [0.3, 0.4) is 0 Å². The summed E-state index contributed by atoms with van der Waals surface area (Å²) in [6.07, 6.45) is 2.90. The number of hydrazine groups is 1. The first-order valence-corrected chi connectivity index (χ1v) is 8.47. The second-order valence-corrected chi connectivity index (χ2v) is 6.90. The Hall–Kier alpha value is -1.50. The van der Waals surface area contributed by atoms with Gasteiger partial charge in [0.05, 0.1) is 6.04 Å². The topological polar surface area (TPSA) is 56.4 Å². The van der Waals surface area contributed by atoms with Gasteiger partial charge in [0, 0.05) is 44.1 Å². The molecule has 3 fully saturated rings. The fraction of sp³-hybridized carbons (Fsp3) is 0.588. The normalized spacial score (nSPS) is 34.4. The van der Waals surface area contributed by atoms with E-state index in [1.165, 1.54) is 18.6 Å². The van der Waals surface area contributed by atoms with Crippen molar-refractivity contribution < 1.29 is 9.18 Å². The van der Waals surface area contributed by atoms with E-state index in [1.54, 1.807) is 0 Å². The Balaban J connectivity index is 1.49. The molecule has 4 atom stereocenters. The van der Waals surface area contributed by atoms with Crippen LogP contribution in [0.5, 0.6) is 0 Å². The van der Waals surface area contributed by atoms with E-state index in [9.17, 15) is 9.18 Å². The van der Waals surface area contributed by atoms with Gasteiger partial charge in [0.15, 0.2) is 0 Å². The van der Waals surface area contributed by atoms with Crippen LogP contribution in [0.4, 0.5) is 4.39 Å². The van der Waals surface area contributed by atoms with Crippen LogP contribution in [-0.4, -0.2) is 42.5 Å². The van der Waals surface area contributed by atoms with Gasteiger partial charge in [-0.25, -0.2) is 9.82 Å². The van der Waals surface area contributed by atoms with Gasteiger partial charge in [-0.3, -0.25) is 15.1 Å². The number of nitrogens with one attached hydrogen (secondary N) is 3. The predicted octanol–water partition coefficient (Wildman–Crippen LogP) is 0.944. The molecule has 5 nitrogen and oxygen atoms in total. The van der Waals surface area contributed by atoms with E-state index in [-0.39, 0.29) is 17.8 Å². The lowest BCUT2D eigenvalue weighted by atomic mass is 9.94. The lowest BCUT2D eigenvalue weighted by molar-refractivity contribution is -0.121. The molecule has 0 radical (unpaired) electrons. The van der Waals surface area contributed by atoms with Crippen molar-refractivity contribution >= 4 is 5.91 Å². The molecule has 23 heavy (non-hydrogen) atoms. The fourth-order valence-electron chi connectivity index (χ4n) is 4.27. The second-order valence-electron chi connectivity index (χ2n) is 6.90. The van der Waals surface area contributed by atoms with Crippen LogP contribution in [0.2, 0.25) is 0 Å². The van der Waals surface area contributed by atoms with Crippen LogP contribution in [0, 0.1) is 11.7 Å². The number of benzene rings is 1. The third-order valence-corrected chi connectivity index (χ3v) is 5.49. The lowest BCUT2D eigenvalue weighted by Gasteiger charge is -2.31. The first kappa shape index (κ1) is 15.1. The highest BCUT2D eigenvalue weighted by molar-refractivity contribution is 5.77. The summed E-state index contributed by atoms with van der Waals surface area (Å²) in [5, 5.41) is 3.03. The summed E-state index contributed by atoms with van der Waals surface area (Å²) in [6, 6.07) is 7.76. The minimum absolute atomic E-state index is 0.181. The second kappa shape index (κ2) is 6.19. The molecule has 0 saturated carbocycles. The van der Waals surface area contributed by atoms with Crippen molar-refractivity contribution in [2.75, 3.05) is 19.6 Å². The monoisotopic (exact) mass is 318 g/mol. The summed E-state index contributed by atoms with van der Waals surface area (Å²) < 4.78 is 13.2. The van der Waals surface area contributed by atoms with Crippen molar-refractivity contribution in [2.45, 2.75) is 37.4 Å². The third kappa shape index (κ3) is 2.98. The quantitative estimate of drug-likeness (QED) is 0.776. The Morgan fingerprint density at radius 3 is 2.74 bits per heavy atom. The molecule has 124 valence electrons. The molecule has 0 aromatic heterocycles. The predicted molar refractivity (Wildman–Crippen MR) is 84.9 cm³/mol. The van der Waals surface area contributed by atoms with Crippen molar-refractivity contribution in [1.29, 1.82) is 0 Å². The maximum atomic E-state index is 13.2. The standard InChI is InChI=1S/C17H23FN4O/c18-13-3-1-11(2-4-13)17-12(8-20-21-17)10-22-14-5-6-15(22)9-19-16(23)7-14/h1-4,12,14-15,17,20-21H,5-10H2,(H,19,23)/t12?,14-,15+,17?/m0/s1. The molecule has 1 amide bonds. The Labute approximate surface area is 135 Å². The molecule has 3 saturated heterocycles. The number of halogens is 1. The Kier molecular flexibility index (Phi) is 4.05.